The zero-order chi connectivity index (χ0) is 14.7. The Morgan fingerprint density at radius 1 is 1.38 bits per heavy atom. The van der Waals surface area contributed by atoms with Crippen LogP contribution in [0.15, 0.2) is 35.9 Å². The average Bonchev–Trinajstić information content (AvgIpc) is 2.85. The Labute approximate surface area is 125 Å². The molecule has 4 nitrogen and oxygen atoms in total. The normalized spacial score (nSPS) is 18.6. The minimum absolute atomic E-state index is 0.484. The van der Waals surface area contributed by atoms with Crippen molar-refractivity contribution in [3.8, 4) is 0 Å². The third kappa shape index (κ3) is 3.58. The summed E-state index contributed by atoms with van der Waals surface area (Å²) in [5.41, 5.74) is 2.61. The lowest BCUT2D eigenvalue weighted by molar-refractivity contribution is 0.367. The fourth-order valence-corrected chi connectivity index (χ4v) is 2.79. The Hall–Kier alpha value is -1.94. The molecule has 0 saturated heterocycles. The van der Waals surface area contributed by atoms with Gasteiger partial charge in [0.2, 0.25) is 0 Å². The summed E-state index contributed by atoms with van der Waals surface area (Å²) in [7, 11) is 0. The largest absolute Gasteiger partial charge is 0.308 e. The monoisotopic (exact) mass is 282 g/mol. The Morgan fingerprint density at radius 3 is 3.00 bits per heavy atom. The van der Waals surface area contributed by atoms with Crippen LogP contribution < -0.4 is 5.32 Å². The van der Waals surface area contributed by atoms with Crippen molar-refractivity contribution >= 4 is 6.08 Å². The molecule has 0 unspecified atom stereocenters. The van der Waals surface area contributed by atoms with E-state index < -0.39 is 0 Å². The lowest BCUT2D eigenvalue weighted by atomic mass is 10.1. The number of aryl methyl sites for hydroxylation is 2. The number of nitrogens with zero attached hydrogens (tertiary/aromatic N) is 3. The molecule has 3 rings (SSSR count). The number of hydrogen-bond acceptors (Lipinski definition) is 3. The van der Waals surface area contributed by atoms with Crippen LogP contribution in [0.3, 0.4) is 0 Å². The van der Waals surface area contributed by atoms with Gasteiger partial charge in [0.15, 0.2) is 0 Å². The first-order valence-corrected chi connectivity index (χ1v) is 7.56. The van der Waals surface area contributed by atoms with E-state index in [0.29, 0.717) is 6.04 Å². The fourth-order valence-electron chi connectivity index (χ4n) is 2.79. The van der Waals surface area contributed by atoms with Gasteiger partial charge in [0.25, 0.3) is 0 Å². The summed E-state index contributed by atoms with van der Waals surface area (Å²) in [4.78, 5) is 4.45. The summed E-state index contributed by atoms with van der Waals surface area (Å²) in [6.07, 6.45) is 4.39. The quantitative estimate of drug-likeness (QED) is 0.937. The third-order valence-electron chi connectivity index (χ3n) is 3.85. The highest BCUT2D eigenvalue weighted by Crippen LogP contribution is 2.13. The van der Waals surface area contributed by atoms with E-state index in [9.17, 15) is 0 Å². The molecule has 1 atom stereocenters. The summed E-state index contributed by atoms with van der Waals surface area (Å²) in [6.45, 7) is 5.98. The first-order chi connectivity index (χ1) is 10.2. The van der Waals surface area contributed by atoms with E-state index in [-0.39, 0.29) is 0 Å². The minimum Gasteiger partial charge on any atom is -0.308 e. The number of nitrogens with one attached hydrogen (secondary N) is 1. The zero-order valence-corrected chi connectivity index (χ0v) is 12.7. The van der Waals surface area contributed by atoms with Gasteiger partial charge < -0.3 is 5.32 Å². The van der Waals surface area contributed by atoms with Crippen LogP contribution in [0.5, 0.6) is 0 Å². The van der Waals surface area contributed by atoms with Gasteiger partial charge in [-0.15, -0.1) is 0 Å². The summed E-state index contributed by atoms with van der Waals surface area (Å²) < 4.78 is 2.05. The summed E-state index contributed by atoms with van der Waals surface area (Å²) >= 11 is 0. The maximum Gasteiger partial charge on any atom is 0.147 e. The molecule has 0 radical (unpaired) electrons. The van der Waals surface area contributed by atoms with Crippen LogP contribution in [-0.4, -0.2) is 27.4 Å². The van der Waals surface area contributed by atoms with E-state index in [4.69, 9.17) is 0 Å². The summed E-state index contributed by atoms with van der Waals surface area (Å²) in [6, 6.07) is 10.9. The van der Waals surface area contributed by atoms with Crippen molar-refractivity contribution in [2.45, 2.75) is 39.3 Å². The predicted molar refractivity (Wildman–Crippen MR) is 85.0 cm³/mol. The second-order valence-electron chi connectivity index (χ2n) is 5.78. The average molecular weight is 282 g/mol. The van der Waals surface area contributed by atoms with Gasteiger partial charge >= 0.3 is 0 Å². The first-order valence-electron chi connectivity index (χ1n) is 7.56. The molecule has 1 aromatic heterocycles. The van der Waals surface area contributed by atoms with Crippen LogP contribution in [0.4, 0.5) is 0 Å². The molecule has 0 aliphatic carbocycles. The standard InChI is InChI=1S/C17H22N4/c1-13(10-15-6-4-3-5-7-15)11-18-16-8-9-17-19-14(2)20-21(17)12-16/h3-7,10,16,18H,8-9,11-12H2,1-2H3/b13-10-/t16-/m0/s1. The molecular formula is C17H22N4. The van der Waals surface area contributed by atoms with Crippen molar-refractivity contribution in [3.05, 3.63) is 53.1 Å². The zero-order valence-electron chi connectivity index (χ0n) is 12.7. The van der Waals surface area contributed by atoms with Crippen LogP contribution in [-0.2, 0) is 13.0 Å². The van der Waals surface area contributed by atoms with Crippen LogP contribution in [0, 0.1) is 6.92 Å². The molecule has 2 heterocycles. The van der Waals surface area contributed by atoms with Gasteiger partial charge in [0.05, 0.1) is 6.54 Å². The predicted octanol–water partition coefficient (Wildman–Crippen LogP) is 2.59. The van der Waals surface area contributed by atoms with E-state index in [1.807, 2.05) is 17.7 Å². The smallest absolute Gasteiger partial charge is 0.147 e. The first kappa shape index (κ1) is 14.0. The molecule has 4 heteroatoms. The highest BCUT2D eigenvalue weighted by molar-refractivity contribution is 5.52. The second kappa shape index (κ2) is 6.22. The lowest BCUT2D eigenvalue weighted by Gasteiger charge is -2.23. The molecule has 1 aliphatic rings. The SMILES string of the molecule is C/C(=C/c1ccccc1)CN[C@H]1CCc2nc(C)nn2C1. The van der Waals surface area contributed by atoms with E-state index in [2.05, 4.69) is 52.7 Å². The van der Waals surface area contributed by atoms with Crippen LogP contribution >= 0.6 is 0 Å². The summed E-state index contributed by atoms with van der Waals surface area (Å²) in [5.74, 6) is 2.01. The van der Waals surface area contributed by atoms with Crippen molar-refractivity contribution in [2.24, 2.45) is 0 Å². The van der Waals surface area contributed by atoms with Gasteiger partial charge in [0.1, 0.15) is 11.6 Å². The minimum atomic E-state index is 0.484. The van der Waals surface area contributed by atoms with E-state index in [0.717, 1.165) is 37.6 Å². The Bertz CT molecular complexity index is 627. The molecular weight excluding hydrogens is 260 g/mol. The molecule has 2 aromatic rings. The Kier molecular flexibility index (Phi) is 4.15. The fraction of sp³-hybridized carbons (Fsp3) is 0.412. The maximum absolute atomic E-state index is 4.45. The molecule has 1 aliphatic heterocycles. The highest BCUT2D eigenvalue weighted by Gasteiger charge is 2.20. The molecule has 1 N–H and O–H groups in total. The van der Waals surface area contributed by atoms with Gasteiger partial charge in [-0.2, -0.15) is 5.10 Å². The van der Waals surface area contributed by atoms with Crippen molar-refractivity contribution < 1.29 is 0 Å². The maximum atomic E-state index is 4.45. The Morgan fingerprint density at radius 2 is 2.19 bits per heavy atom. The van der Waals surface area contributed by atoms with Gasteiger partial charge in [0, 0.05) is 19.0 Å². The van der Waals surface area contributed by atoms with Crippen molar-refractivity contribution in [1.82, 2.24) is 20.1 Å². The molecule has 0 bridgehead atoms. The number of aromatic nitrogens is 3. The molecule has 0 spiro atoms. The molecule has 110 valence electrons. The number of benzene rings is 1. The van der Waals surface area contributed by atoms with E-state index >= 15 is 0 Å². The van der Waals surface area contributed by atoms with E-state index in [1.165, 1.54) is 11.1 Å². The number of rotatable bonds is 4. The molecule has 0 saturated carbocycles. The Balaban J connectivity index is 1.55. The van der Waals surface area contributed by atoms with Crippen molar-refractivity contribution in [1.29, 1.82) is 0 Å². The van der Waals surface area contributed by atoms with Gasteiger partial charge in [-0.1, -0.05) is 42.0 Å². The number of fused-ring (bicyclic) bond motifs is 1. The van der Waals surface area contributed by atoms with Gasteiger partial charge in [-0.3, -0.25) is 0 Å². The van der Waals surface area contributed by atoms with Crippen LogP contribution in [0.2, 0.25) is 0 Å². The van der Waals surface area contributed by atoms with Crippen LogP contribution in [0.1, 0.15) is 30.6 Å². The van der Waals surface area contributed by atoms with Gasteiger partial charge in [-0.25, -0.2) is 9.67 Å². The van der Waals surface area contributed by atoms with E-state index in [1.54, 1.807) is 0 Å². The molecule has 0 fully saturated rings. The van der Waals surface area contributed by atoms with Crippen molar-refractivity contribution in [3.63, 3.8) is 0 Å². The topological polar surface area (TPSA) is 42.7 Å². The lowest BCUT2D eigenvalue weighted by Crippen LogP contribution is -2.38. The van der Waals surface area contributed by atoms with Crippen LogP contribution in [0.25, 0.3) is 6.08 Å². The highest BCUT2D eigenvalue weighted by atomic mass is 15.4. The van der Waals surface area contributed by atoms with Gasteiger partial charge in [-0.05, 0) is 25.8 Å². The molecule has 1 aromatic carbocycles. The summed E-state index contributed by atoms with van der Waals surface area (Å²) in [5, 5.41) is 8.08. The number of hydrogen-bond donors (Lipinski definition) is 1. The third-order valence-corrected chi connectivity index (χ3v) is 3.85. The van der Waals surface area contributed by atoms with Crippen molar-refractivity contribution in [2.75, 3.05) is 6.54 Å². The molecule has 0 amide bonds. The second-order valence-corrected chi connectivity index (χ2v) is 5.78. The molecule has 21 heavy (non-hydrogen) atoms.